The van der Waals surface area contributed by atoms with Gasteiger partial charge < -0.3 is 4.74 Å². The Morgan fingerprint density at radius 2 is 1.65 bits per heavy atom. The van der Waals surface area contributed by atoms with Crippen LogP contribution in [0.3, 0.4) is 0 Å². The van der Waals surface area contributed by atoms with Gasteiger partial charge in [0.1, 0.15) is 5.15 Å². The maximum Gasteiger partial charge on any atom is 0.416 e. The van der Waals surface area contributed by atoms with Gasteiger partial charge in [0.2, 0.25) is 0 Å². The number of pyridine rings is 1. The summed E-state index contributed by atoms with van der Waals surface area (Å²) in [6.45, 7) is 1.36. The maximum absolute atomic E-state index is 13.3. The van der Waals surface area contributed by atoms with Gasteiger partial charge in [-0.05, 0) is 82.7 Å². The number of carbonyl (C=O) groups excluding carboxylic acids is 1. The zero-order chi connectivity index (χ0) is 30.0. The van der Waals surface area contributed by atoms with Gasteiger partial charge in [-0.2, -0.15) is 13.2 Å². The van der Waals surface area contributed by atoms with Crippen LogP contribution >= 0.6 is 11.6 Å². The molecule has 4 aromatic rings. The van der Waals surface area contributed by atoms with E-state index in [1.165, 1.54) is 30.4 Å². The zero-order valence-corrected chi connectivity index (χ0v) is 24.3. The molecule has 1 saturated heterocycles. The zero-order valence-electron chi connectivity index (χ0n) is 23.5. The normalized spacial score (nSPS) is 27.9. The standard InChI is InChI=1S/C35H30ClF3N2O2/c1-43-32(42)24-9-14-26(15-10-24)33-20-34(21-33)28(30(33)25-11-16-29(36)40-17-25)19-41(31(34)23-5-3-2-4-6-23)18-22-7-12-27(13-8-22)35(37,38)39/h2-17,28,30-31H,18-21H2,1H3/t28-,30?,31-,33?,34?/m1/s1. The van der Waals surface area contributed by atoms with E-state index in [1.807, 2.05) is 30.5 Å². The van der Waals surface area contributed by atoms with Gasteiger partial charge in [0.25, 0.3) is 0 Å². The molecule has 8 rings (SSSR count). The summed E-state index contributed by atoms with van der Waals surface area (Å²) in [6, 6.07) is 27.9. The minimum absolute atomic E-state index is 0.0292. The number of carbonyl (C=O) groups is 1. The highest BCUT2D eigenvalue weighted by molar-refractivity contribution is 6.29. The van der Waals surface area contributed by atoms with Gasteiger partial charge in [-0.25, -0.2) is 9.78 Å². The quantitative estimate of drug-likeness (QED) is 0.165. The Labute approximate surface area is 253 Å². The van der Waals surface area contributed by atoms with Crippen molar-refractivity contribution in [3.8, 4) is 0 Å². The summed E-state index contributed by atoms with van der Waals surface area (Å²) in [5.74, 6) is 0.0828. The van der Waals surface area contributed by atoms with Crippen molar-refractivity contribution in [1.82, 2.24) is 9.88 Å². The number of hydrogen-bond donors (Lipinski definition) is 0. The van der Waals surface area contributed by atoms with E-state index in [1.54, 1.807) is 12.1 Å². The van der Waals surface area contributed by atoms with Crippen molar-refractivity contribution in [2.75, 3.05) is 13.7 Å². The molecule has 0 amide bonds. The number of halogens is 4. The van der Waals surface area contributed by atoms with Gasteiger partial charge in [0, 0.05) is 30.7 Å². The molecular formula is C35H30ClF3N2O2. The van der Waals surface area contributed by atoms with E-state index in [-0.39, 0.29) is 34.7 Å². The van der Waals surface area contributed by atoms with E-state index >= 15 is 0 Å². The van der Waals surface area contributed by atoms with E-state index in [9.17, 15) is 18.0 Å². The third-order valence-electron chi connectivity index (χ3n) is 10.1. The van der Waals surface area contributed by atoms with Crippen molar-refractivity contribution in [1.29, 1.82) is 0 Å². The molecule has 3 atom stereocenters. The van der Waals surface area contributed by atoms with Crippen molar-refractivity contribution >= 4 is 17.6 Å². The smallest absolute Gasteiger partial charge is 0.416 e. The molecule has 1 unspecified atom stereocenters. The Morgan fingerprint density at radius 3 is 2.26 bits per heavy atom. The molecule has 2 heterocycles. The molecule has 3 aliphatic carbocycles. The number of methoxy groups -OCH3 is 1. The number of ether oxygens (including phenoxy) is 1. The van der Waals surface area contributed by atoms with Crippen molar-refractivity contribution in [3.63, 3.8) is 0 Å². The molecule has 4 nitrogen and oxygen atoms in total. The molecule has 1 aliphatic heterocycles. The molecule has 3 saturated carbocycles. The molecule has 43 heavy (non-hydrogen) atoms. The number of esters is 1. The van der Waals surface area contributed by atoms with Crippen LogP contribution in [0, 0.1) is 11.3 Å². The van der Waals surface area contributed by atoms with Crippen LogP contribution in [0.5, 0.6) is 0 Å². The number of nitrogens with zero attached hydrogens (tertiary/aromatic N) is 2. The summed E-state index contributed by atoms with van der Waals surface area (Å²) in [7, 11) is 1.38. The molecule has 220 valence electrons. The highest BCUT2D eigenvalue weighted by Crippen LogP contribution is 2.82. The average molecular weight is 603 g/mol. The van der Waals surface area contributed by atoms with Crippen molar-refractivity contribution < 1.29 is 22.7 Å². The summed E-state index contributed by atoms with van der Waals surface area (Å²) in [5.41, 5.74) is 4.13. The second-order valence-electron chi connectivity index (χ2n) is 12.2. The lowest BCUT2D eigenvalue weighted by atomic mass is 9.52. The van der Waals surface area contributed by atoms with E-state index in [0.29, 0.717) is 17.3 Å². The first-order valence-electron chi connectivity index (χ1n) is 14.4. The summed E-state index contributed by atoms with van der Waals surface area (Å²) in [5, 5.41) is 0.442. The monoisotopic (exact) mass is 602 g/mol. The number of alkyl halides is 3. The van der Waals surface area contributed by atoms with Crippen LogP contribution in [-0.4, -0.2) is 29.5 Å². The second-order valence-corrected chi connectivity index (χ2v) is 12.6. The molecule has 1 spiro atoms. The third-order valence-corrected chi connectivity index (χ3v) is 10.4. The van der Waals surface area contributed by atoms with Crippen molar-refractivity contribution in [2.24, 2.45) is 11.3 Å². The molecule has 1 aromatic heterocycles. The van der Waals surface area contributed by atoms with Crippen LogP contribution in [0.15, 0.2) is 97.2 Å². The van der Waals surface area contributed by atoms with E-state index in [4.69, 9.17) is 16.3 Å². The molecule has 4 fully saturated rings. The van der Waals surface area contributed by atoms with Crippen LogP contribution < -0.4 is 0 Å². The Hall–Kier alpha value is -3.68. The van der Waals surface area contributed by atoms with Crippen molar-refractivity contribution in [2.45, 2.75) is 42.9 Å². The molecule has 3 aromatic carbocycles. The lowest BCUT2D eigenvalue weighted by Gasteiger charge is -2.53. The van der Waals surface area contributed by atoms with Crippen LogP contribution in [0.2, 0.25) is 5.15 Å². The van der Waals surface area contributed by atoms with Crippen molar-refractivity contribution in [3.05, 3.63) is 136 Å². The second kappa shape index (κ2) is 10.2. The first-order valence-corrected chi connectivity index (χ1v) is 14.8. The third kappa shape index (κ3) is 4.47. The van der Waals surface area contributed by atoms with Crippen LogP contribution in [-0.2, 0) is 22.9 Å². The number of benzene rings is 3. The fraction of sp³-hybridized carbons (Fsp3) is 0.314. The number of likely N-dealkylation sites (tertiary alicyclic amines) is 1. The van der Waals surface area contributed by atoms with E-state index in [0.717, 1.165) is 30.5 Å². The molecular weight excluding hydrogens is 573 g/mol. The highest BCUT2D eigenvalue weighted by Gasteiger charge is 2.77. The predicted molar refractivity (Wildman–Crippen MR) is 158 cm³/mol. The lowest BCUT2D eigenvalue weighted by molar-refractivity contribution is -0.137. The Balaban J connectivity index is 1.29. The fourth-order valence-corrected chi connectivity index (χ4v) is 8.77. The van der Waals surface area contributed by atoms with Gasteiger partial charge in [-0.15, -0.1) is 0 Å². The van der Waals surface area contributed by atoms with E-state index < -0.39 is 11.7 Å². The largest absolute Gasteiger partial charge is 0.465 e. The van der Waals surface area contributed by atoms with Gasteiger partial charge in [0.15, 0.2) is 0 Å². The molecule has 0 radical (unpaired) electrons. The molecule has 4 aliphatic rings. The van der Waals surface area contributed by atoms with Gasteiger partial charge in [-0.3, -0.25) is 4.90 Å². The van der Waals surface area contributed by atoms with Crippen LogP contribution in [0.4, 0.5) is 13.2 Å². The minimum Gasteiger partial charge on any atom is -0.465 e. The van der Waals surface area contributed by atoms with Crippen LogP contribution in [0.25, 0.3) is 0 Å². The maximum atomic E-state index is 13.3. The summed E-state index contributed by atoms with van der Waals surface area (Å²) in [4.78, 5) is 19.1. The number of hydrogen-bond acceptors (Lipinski definition) is 4. The fourth-order valence-electron chi connectivity index (χ4n) is 8.66. The number of aromatic nitrogens is 1. The lowest BCUT2D eigenvalue weighted by Crippen LogP contribution is -2.47. The van der Waals surface area contributed by atoms with Gasteiger partial charge >= 0.3 is 12.1 Å². The topological polar surface area (TPSA) is 42.4 Å². The molecule has 2 bridgehead atoms. The summed E-state index contributed by atoms with van der Waals surface area (Å²) >= 11 is 6.21. The Bertz CT molecular complexity index is 1630. The SMILES string of the molecule is COC(=O)c1ccc(C23CC4(C2)[C@H](CN(Cc2ccc(C(F)(F)F)cc2)[C@@H]4c2ccccc2)C3c2ccc(Cl)nc2)cc1. The molecule has 0 N–H and O–H groups in total. The van der Waals surface area contributed by atoms with E-state index in [2.05, 4.69) is 52.3 Å². The predicted octanol–water partition coefficient (Wildman–Crippen LogP) is 8.23. The van der Waals surface area contributed by atoms with Gasteiger partial charge in [-0.1, -0.05) is 72.3 Å². The first kappa shape index (κ1) is 28.1. The molecule has 8 heteroatoms. The van der Waals surface area contributed by atoms with Crippen LogP contribution in [0.1, 0.15) is 63.0 Å². The number of rotatable bonds is 6. The first-order chi connectivity index (χ1) is 20.6. The average Bonchev–Trinajstić information content (AvgIpc) is 3.56. The summed E-state index contributed by atoms with van der Waals surface area (Å²) < 4.78 is 44.7. The Kier molecular flexibility index (Phi) is 6.67. The minimum atomic E-state index is -4.36. The summed E-state index contributed by atoms with van der Waals surface area (Å²) in [6.07, 6.45) is -0.557. The van der Waals surface area contributed by atoms with Gasteiger partial charge in [0.05, 0.1) is 18.2 Å². The Morgan fingerprint density at radius 1 is 0.953 bits per heavy atom. The highest BCUT2D eigenvalue weighted by atomic mass is 35.5.